The van der Waals surface area contributed by atoms with Crippen molar-refractivity contribution in [2.75, 3.05) is 13.6 Å². The summed E-state index contributed by atoms with van der Waals surface area (Å²) in [4.78, 5) is 25.3. The molecule has 0 aliphatic rings. The van der Waals surface area contributed by atoms with Crippen LogP contribution in [-0.4, -0.2) is 40.6 Å². The van der Waals surface area contributed by atoms with E-state index in [1.54, 1.807) is 24.3 Å². The minimum atomic E-state index is -1.20. The summed E-state index contributed by atoms with van der Waals surface area (Å²) in [5, 5.41) is 19.1. The van der Waals surface area contributed by atoms with Crippen LogP contribution in [0.15, 0.2) is 60.7 Å². The molecule has 0 heterocycles. The first-order chi connectivity index (χ1) is 12.4. The molecule has 0 amide bonds. The Morgan fingerprint density at radius 3 is 2.04 bits per heavy atom. The molecule has 2 aromatic rings. The zero-order valence-corrected chi connectivity index (χ0v) is 15.0. The fraction of sp³-hybridized carbons (Fsp3) is 0.333. The van der Waals surface area contributed by atoms with Crippen LogP contribution in [0.2, 0.25) is 0 Å². The van der Waals surface area contributed by atoms with Crippen LogP contribution in [0, 0.1) is 0 Å². The van der Waals surface area contributed by atoms with Gasteiger partial charge in [0, 0.05) is 13.0 Å². The Kier molecular flexibility index (Phi) is 6.92. The molecule has 0 saturated carbocycles. The Labute approximate surface area is 153 Å². The van der Waals surface area contributed by atoms with Gasteiger partial charge < -0.3 is 15.1 Å². The van der Waals surface area contributed by atoms with Gasteiger partial charge in [0.2, 0.25) is 0 Å². The average Bonchev–Trinajstić information content (AvgIpc) is 2.63. The van der Waals surface area contributed by atoms with Crippen molar-refractivity contribution in [1.82, 2.24) is 4.90 Å². The highest BCUT2D eigenvalue weighted by molar-refractivity contribution is 5.82. The molecule has 0 aliphatic heterocycles. The van der Waals surface area contributed by atoms with Gasteiger partial charge in [0.1, 0.15) is 0 Å². The van der Waals surface area contributed by atoms with Crippen molar-refractivity contribution in [2.45, 2.75) is 31.2 Å². The zero-order valence-electron chi connectivity index (χ0n) is 15.0. The van der Waals surface area contributed by atoms with E-state index in [4.69, 9.17) is 5.11 Å². The molecule has 0 unspecified atom stereocenters. The minimum Gasteiger partial charge on any atom is -0.481 e. The van der Waals surface area contributed by atoms with Gasteiger partial charge in [0.25, 0.3) is 0 Å². The monoisotopic (exact) mass is 355 g/mol. The number of hydrogen-bond donors (Lipinski definition) is 2. The van der Waals surface area contributed by atoms with Gasteiger partial charge in [-0.25, -0.2) is 0 Å². The second-order valence-electron chi connectivity index (χ2n) is 6.62. The quantitative estimate of drug-likeness (QED) is 0.683. The minimum absolute atomic E-state index is 0.0703. The van der Waals surface area contributed by atoms with Gasteiger partial charge in [0.15, 0.2) is 0 Å². The molecule has 2 rings (SSSR count). The summed E-state index contributed by atoms with van der Waals surface area (Å²) in [7, 11) is 1.95. The Hall–Kier alpha value is -2.66. The predicted molar refractivity (Wildman–Crippen MR) is 100 cm³/mol. The van der Waals surface area contributed by atoms with Crippen molar-refractivity contribution < 1.29 is 19.8 Å². The summed E-state index contributed by atoms with van der Waals surface area (Å²) in [6.07, 6.45) is 0.243. The molecule has 0 spiro atoms. The molecule has 0 radical (unpaired) electrons. The van der Waals surface area contributed by atoms with Crippen molar-refractivity contribution in [3.05, 3.63) is 71.8 Å². The molecule has 0 aliphatic carbocycles. The van der Waals surface area contributed by atoms with E-state index in [0.29, 0.717) is 25.1 Å². The molecule has 0 aromatic heterocycles. The number of carboxylic acids is 2. The topological polar surface area (TPSA) is 77.8 Å². The highest BCUT2D eigenvalue weighted by Gasteiger charge is 2.40. The summed E-state index contributed by atoms with van der Waals surface area (Å²) in [5.74, 6) is -1.96. The molecule has 26 heavy (non-hydrogen) atoms. The smallest absolute Gasteiger partial charge is 0.314 e. The van der Waals surface area contributed by atoms with Crippen molar-refractivity contribution in [3.63, 3.8) is 0 Å². The van der Waals surface area contributed by atoms with Crippen LogP contribution in [0.1, 0.15) is 30.4 Å². The van der Waals surface area contributed by atoms with Crippen LogP contribution in [0.3, 0.4) is 0 Å². The molecule has 1 atom stereocenters. The number of benzene rings is 2. The Morgan fingerprint density at radius 1 is 0.923 bits per heavy atom. The van der Waals surface area contributed by atoms with Gasteiger partial charge in [-0.2, -0.15) is 0 Å². The standard InChI is InChI=1S/C21H25NO4/c1-22(16-17-8-4-2-5-9-17)15-14-21(20(25)26,13-12-19(23)24)18-10-6-3-7-11-18/h2-11H,12-16H2,1H3,(H,23,24)(H,25,26)/t21-/m0/s1. The molecular weight excluding hydrogens is 330 g/mol. The Morgan fingerprint density at radius 2 is 1.50 bits per heavy atom. The van der Waals surface area contributed by atoms with Gasteiger partial charge in [-0.15, -0.1) is 0 Å². The number of aliphatic carboxylic acids is 2. The Balaban J connectivity index is 2.17. The first-order valence-corrected chi connectivity index (χ1v) is 8.67. The summed E-state index contributed by atoms with van der Waals surface area (Å²) in [5.41, 5.74) is 0.605. The molecule has 138 valence electrons. The highest BCUT2D eigenvalue weighted by Crippen LogP contribution is 2.34. The lowest BCUT2D eigenvalue weighted by Gasteiger charge is -2.31. The molecule has 0 bridgehead atoms. The van der Waals surface area contributed by atoms with Crippen molar-refractivity contribution in [2.24, 2.45) is 0 Å². The Bertz CT molecular complexity index is 717. The maximum atomic E-state index is 12.2. The third kappa shape index (κ3) is 5.17. The van der Waals surface area contributed by atoms with E-state index in [1.807, 2.05) is 43.4 Å². The number of carboxylic acid groups (broad SMARTS) is 2. The number of carbonyl (C=O) groups is 2. The van der Waals surface area contributed by atoms with Gasteiger partial charge in [-0.05, 0) is 37.6 Å². The lowest BCUT2D eigenvalue weighted by Crippen LogP contribution is -2.39. The normalized spacial score (nSPS) is 13.3. The van der Waals surface area contributed by atoms with Gasteiger partial charge >= 0.3 is 11.9 Å². The SMILES string of the molecule is CN(CC[C@](CCC(=O)O)(C(=O)O)c1ccccc1)Cc1ccccc1. The zero-order chi connectivity index (χ0) is 19.0. The fourth-order valence-electron chi connectivity index (χ4n) is 3.18. The maximum Gasteiger partial charge on any atom is 0.314 e. The molecule has 2 aromatic carbocycles. The van der Waals surface area contributed by atoms with E-state index in [0.717, 1.165) is 5.56 Å². The summed E-state index contributed by atoms with van der Waals surface area (Å²) in [6.45, 7) is 1.26. The van der Waals surface area contributed by atoms with E-state index in [2.05, 4.69) is 4.90 Å². The summed E-state index contributed by atoms with van der Waals surface area (Å²) >= 11 is 0. The first-order valence-electron chi connectivity index (χ1n) is 8.67. The van der Waals surface area contributed by atoms with Crippen LogP contribution in [-0.2, 0) is 21.5 Å². The first kappa shape index (κ1) is 19.7. The van der Waals surface area contributed by atoms with E-state index in [9.17, 15) is 14.7 Å². The fourth-order valence-corrected chi connectivity index (χ4v) is 3.18. The van der Waals surface area contributed by atoms with Crippen LogP contribution in [0.5, 0.6) is 0 Å². The van der Waals surface area contributed by atoms with Gasteiger partial charge in [-0.3, -0.25) is 9.59 Å². The van der Waals surface area contributed by atoms with Crippen LogP contribution < -0.4 is 0 Å². The van der Waals surface area contributed by atoms with Crippen molar-refractivity contribution in [1.29, 1.82) is 0 Å². The summed E-state index contributed by atoms with van der Waals surface area (Å²) < 4.78 is 0. The van der Waals surface area contributed by atoms with E-state index in [-0.39, 0.29) is 12.8 Å². The van der Waals surface area contributed by atoms with Crippen LogP contribution >= 0.6 is 0 Å². The van der Waals surface area contributed by atoms with Crippen LogP contribution in [0.4, 0.5) is 0 Å². The third-order valence-corrected chi connectivity index (χ3v) is 4.72. The second-order valence-corrected chi connectivity index (χ2v) is 6.62. The van der Waals surface area contributed by atoms with Crippen molar-refractivity contribution in [3.8, 4) is 0 Å². The number of nitrogens with zero attached hydrogens (tertiary/aromatic N) is 1. The molecule has 5 nitrogen and oxygen atoms in total. The van der Waals surface area contributed by atoms with Crippen molar-refractivity contribution >= 4 is 11.9 Å². The van der Waals surface area contributed by atoms with Gasteiger partial charge in [0.05, 0.1) is 5.41 Å². The molecule has 0 fully saturated rings. The predicted octanol–water partition coefficient (Wildman–Crippen LogP) is 3.40. The highest BCUT2D eigenvalue weighted by atomic mass is 16.4. The number of rotatable bonds is 10. The largest absolute Gasteiger partial charge is 0.481 e. The molecule has 5 heteroatoms. The molecule has 0 saturated heterocycles. The van der Waals surface area contributed by atoms with Crippen LogP contribution in [0.25, 0.3) is 0 Å². The lowest BCUT2D eigenvalue weighted by molar-refractivity contribution is -0.145. The van der Waals surface area contributed by atoms with Gasteiger partial charge in [-0.1, -0.05) is 60.7 Å². The molecular formula is C21H25NO4. The van der Waals surface area contributed by atoms with E-state index < -0.39 is 17.4 Å². The number of hydrogen-bond acceptors (Lipinski definition) is 3. The maximum absolute atomic E-state index is 12.2. The second kappa shape index (κ2) is 9.15. The van der Waals surface area contributed by atoms with E-state index in [1.165, 1.54) is 0 Å². The molecule has 2 N–H and O–H groups in total. The average molecular weight is 355 g/mol. The lowest BCUT2D eigenvalue weighted by atomic mass is 9.74. The van der Waals surface area contributed by atoms with E-state index >= 15 is 0 Å². The summed E-state index contributed by atoms with van der Waals surface area (Å²) in [6, 6.07) is 18.9. The third-order valence-electron chi connectivity index (χ3n) is 4.72.